The number of nitrogens with zero attached hydrogens (tertiary/aromatic N) is 7. The van der Waals surface area contributed by atoms with Gasteiger partial charge in [-0.3, -0.25) is 14.7 Å². The number of alkyl halides is 1. The number of carbonyl (C=O) groups is 1. The number of benzene rings is 2. The number of aryl methyl sites for hydroxylation is 1. The number of ether oxygens (including phenoxy) is 1. The van der Waals surface area contributed by atoms with Gasteiger partial charge in [-0.25, -0.2) is 17.9 Å². The molecule has 3 aliphatic heterocycles. The van der Waals surface area contributed by atoms with Crippen molar-refractivity contribution in [3.05, 3.63) is 65.6 Å². The SMILES string of the molecule is CCc1c(F)ccc2cc(O)cc(-c3ncc4c(N5CCC(C(=O)n6cc(C(C)(C)C)cn6)CC5)nc(OC[C@@]56CCCN5C[C@H](F)C6)nc4c3F)c12. The van der Waals surface area contributed by atoms with Crippen molar-refractivity contribution in [2.45, 2.75) is 83.3 Å². The summed E-state index contributed by atoms with van der Waals surface area (Å²) in [6, 6.07) is 5.76. The molecule has 10 nitrogen and oxygen atoms in total. The minimum absolute atomic E-state index is 0.0408. The molecule has 0 bridgehead atoms. The van der Waals surface area contributed by atoms with Crippen LogP contribution in [0.2, 0.25) is 0 Å². The predicted molar refractivity (Wildman–Crippen MR) is 196 cm³/mol. The van der Waals surface area contributed by atoms with E-state index in [1.165, 1.54) is 29.1 Å². The highest BCUT2D eigenvalue weighted by atomic mass is 19.1. The van der Waals surface area contributed by atoms with Gasteiger partial charge in [0.2, 0.25) is 5.91 Å². The third kappa shape index (κ3) is 6.26. The highest BCUT2D eigenvalue weighted by Crippen LogP contribution is 2.42. The third-order valence-corrected chi connectivity index (χ3v) is 11.5. The van der Waals surface area contributed by atoms with Gasteiger partial charge in [0.15, 0.2) is 5.82 Å². The van der Waals surface area contributed by atoms with Crippen molar-refractivity contribution in [2.24, 2.45) is 5.92 Å². The first-order valence-corrected chi connectivity index (χ1v) is 18.5. The number of hydrogen-bond donors (Lipinski definition) is 1. The Morgan fingerprint density at radius 2 is 1.89 bits per heavy atom. The summed E-state index contributed by atoms with van der Waals surface area (Å²) < 4.78 is 54.4. The summed E-state index contributed by atoms with van der Waals surface area (Å²) >= 11 is 0. The molecule has 0 aliphatic carbocycles. The van der Waals surface area contributed by atoms with Crippen molar-refractivity contribution < 1.29 is 27.8 Å². The minimum atomic E-state index is -0.946. The fourth-order valence-corrected chi connectivity index (χ4v) is 8.55. The molecule has 3 aliphatic rings. The molecule has 6 heterocycles. The Morgan fingerprint density at radius 3 is 2.62 bits per heavy atom. The van der Waals surface area contributed by atoms with Gasteiger partial charge in [-0.05, 0) is 84.2 Å². The second-order valence-electron chi connectivity index (χ2n) is 15.9. The van der Waals surface area contributed by atoms with E-state index in [4.69, 9.17) is 9.72 Å². The molecule has 5 aromatic rings. The fourth-order valence-electron chi connectivity index (χ4n) is 8.55. The molecule has 3 saturated heterocycles. The predicted octanol–water partition coefficient (Wildman–Crippen LogP) is 7.40. The number of pyridine rings is 1. The van der Waals surface area contributed by atoms with Gasteiger partial charge in [0.25, 0.3) is 0 Å². The van der Waals surface area contributed by atoms with Crippen LogP contribution in [0.5, 0.6) is 11.8 Å². The highest BCUT2D eigenvalue weighted by Gasteiger charge is 2.49. The molecule has 0 saturated carbocycles. The van der Waals surface area contributed by atoms with Crippen LogP contribution in [0.25, 0.3) is 32.9 Å². The number of carbonyl (C=O) groups excluding carboxylic acids is 1. The minimum Gasteiger partial charge on any atom is -0.508 e. The molecular formula is C40H44F3N7O3. The molecule has 2 atom stereocenters. The van der Waals surface area contributed by atoms with E-state index < -0.39 is 23.3 Å². The first-order valence-electron chi connectivity index (χ1n) is 18.5. The molecule has 0 amide bonds. The number of halogens is 3. The number of piperidine rings is 1. The Bertz CT molecular complexity index is 2230. The van der Waals surface area contributed by atoms with Crippen molar-refractivity contribution in [3.63, 3.8) is 0 Å². The van der Waals surface area contributed by atoms with Crippen LogP contribution in [0.3, 0.4) is 0 Å². The van der Waals surface area contributed by atoms with E-state index in [9.17, 15) is 14.3 Å². The fraction of sp³-hybridized carbons (Fsp3) is 0.475. The Kier molecular flexibility index (Phi) is 8.82. The lowest BCUT2D eigenvalue weighted by atomic mass is 9.90. The average Bonchev–Trinajstić information content (AvgIpc) is 3.86. The molecule has 3 aromatic heterocycles. The Morgan fingerprint density at radius 1 is 1.09 bits per heavy atom. The van der Waals surface area contributed by atoms with E-state index in [-0.39, 0.29) is 52.4 Å². The molecule has 53 heavy (non-hydrogen) atoms. The van der Waals surface area contributed by atoms with Gasteiger partial charge in [-0.2, -0.15) is 15.1 Å². The summed E-state index contributed by atoms with van der Waals surface area (Å²) in [7, 11) is 0. The van der Waals surface area contributed by atoms with Crippen molar-refractivity contribution in [1.82, 2.24) is 29.6 Å². The molecule has 0 spiro atoms. The zero-order valence-corrected chi connectivity index (χ0v) is 30.5. The Labute approximate surface area is 306 Å². The smallest absolute Gasteiger partial charge is 0.319 e. The van der Waals surface area contributed by atoms with Crippen LogP contribution in [-0.4, -0.2) is 85.1 Å². The lowest BCUT2D eigenvalue weighted by Gasteiger charge is -2.33. The zero-order chi connectivity index (χ0) is 37.2. The van der Waals surface area contributed by atoms with Crippen LogP contribution in [0.4, 0.5) is 19.0 Å². The quantitative estimate of drug-likeness (QED) is 0.184. The average molecular weight is 728 g/mol. The molecule has 3 fully saturated rings. The molecule has 278 valence electrons. The number of anilines is 1. The summed E-state index contributed by atoms with van der Waals surface area (Å²) in [5, 5.41) is 16.4. The second-order valence-corrected chi connectivity index (χ2v) is 15.9. The van der Waals surface area contributed by atoms with Crippen LogP contribution in [0.15, 0.2) is 42.9 Å². The van der Waals surface area contributed by atoms with Crippen molar-refractivity contribution >= 4 is 33.4 Å². The summed E-state index contributed by atoms with van der Waals surface area (Å²) in [5.41, 5.74) is 0.862. The molecular weight excluding hydrogens is 683 g/mol. The maximum atomic E-state index is 17.0. The first kappa shape index (κ1) is 35.3. The van der Waals surface area contributed by atoms with Gasteiger partial charge in [0, 0.05) is 49.9 Å². The van der Waals surface area contributed by atoms with Crippen molar-refractivity contribution in [1.29, 1.82) is 0 Å². The van der Waals surface area contributed by atoms with Crippen molar-refractivity contribution in [2.75, 3.05) is 37.7 Å². The summed E-state index contributed by atoms with van der Waals surface area (Å²) in [6.07, 6.45) is 7.56. The molecule has 2 aromatic carbocycles. The number of aromatic hydroxyl groups is 1. The monoisotopic (exact) mass is 727 g/mol. The topological polar surface area (TPSA) is 110 Å². The molecule has 8 rings (SSSR count). The Balaban J connectivity index is 1.17. The molecule has 0 radical (unpaired) electrons. The van der Waals surface area contributed by atoms with Gasteiger partial charge >= 0.3 is 6.01 Å². The van der Waals surface area contributed by atoms with Crippen molar-refractivity contribution in [3.8, 4) is 23.0 Å². The van der Waals surface area contributed by atoms with E-state index in [0.717, 1.165) is 24.9 Å². The van der Waals surface area contributed by atoms with Crippen LogP contribution in [0.1, 0.15) is 75.7 Å². The van der Waals surface area contributed by atoms with E-state index in [1.54, 1.807) is 18.5 Å². The normalized spacial score (nSPS) is 21.2. The largest absolute Gasteiger partial charge is 0.508 e. The van der Waals surface area contributed by atoms with Crippen LogP contribution in [0, 0.1) is 17.6 Å². The number of hydrogen-bond acceptors (Lipinski definition) is 9. The number of fused-ring (bicyclic) bond motifs is 3. The number of rotatable bonds is 7. The summed E-state index contributed by atoms with van der Waals surface area (Å²) in [5.74, 6) is -1.23. The molecule has 13 heteroatoms. The van der Waals surface area contributed by atoms with Gasteiger partial charge in [-0.15, -0.1) is 0 Å². The van der Waals surface area contributed by atoms with E-state index in [2.05, 4.69) is 40.7 Å². The van der Waals surface area contributed by atoms with Crippen LogP contribution in [-0.2, 0) is 11.8 Å². The highest BCUT2D eigenvalue weighted by molar-refractivity contribution is 6.01. The Hall–Kier alpha value is -4.78. The number of phenols is 1. The third-order valence-electron chi connectivity index (χ3n) is 11.5. The van der Waals surface area contributed by atoms with E-state index in [1.807, 2.05) is 11.8 Å². The lowest BCUT2D eigenvalue weighted by molar-refractivity contribution is 0.0795. The van der Waals surface area contributed by atoms with E-state index >= 15 is 8.78 Å². The van der Waals surface area contributed by atoms with Gasteiger partial charge in [0.1, 0.15) is 41.4 Å². The van der Waals surface area contributed by atoms with Gasteiger partial charge in [0.05, 0.1) is 17.1 Å². The van der Waals surface area contributed by atoms with Crippen LogP contribution >= 0.6 is 0 Å². The summed E-state index contributed by atoms with van der Waals surface area (Å²) in [6.45, 7) is 10.3. The van der Waals surface area contributed by atoms with E-state index in [0.29, 0.717) is 72.9 Å². The van der Waals surface area contributed by atoms with Gasteiger partial charge in [-0.1, -0.05) is 33.8 Å². The zero-order valence-electron chi connectivity index (χ0n) is 30.5. The number of aromatic nitrogens is 5. The number of phenolic OH excluding ortho intramolecular Hbond substituents is 1. The second kappa shape index (κ2) is 13.3. The lowest BCUT2D eigenvalue weighted by Crippen LogP contribution is -2.43. The van der Waals surface area contributed by atoms with Crippen LogP contribution < -0.4 is 9.64 Å². The van der Waals surface area contributed by atoms with Gasteiger partial charge < -0.3 is 14.7 Å². The maximum Gasteiger partial charge on any atom is 0.319 e. The molecule has 0 unspecified atom stereocenters. The molecule has 1 N–H and O–H groups in total. The standard InChI is InChI=1S/C40H44F3N7O3/c1-5-28-31(42)8-7-24-15-27(51)16-29(32(24)28)34-33(43)35-30(19-44-34)36(47-38(46-35)53-22-40-11-6-12-49(40)21-26(41)17-40)48-13-9-23(10-14-48)37(52)50-20-25(18-45-50)39(2,3)4/h7-8,15-16,18-20,23,26,51H,5-6,9-14,17,21-22H2,1-4H3/t26-,40+/m1/s1. The summed E-state index contributed by atoms with van der Waals surface area (Å²) in [4.78, 5) is 31.5. The first-order chi connectivity index (χ1) is 25.3. The maximum absolute atomic E-state index is 17.0.